The van der Waals surface area contributed by atoms with E-state index in [1.165, 1.54) is 4.90 Å². The third-order valence-electron chi connectivity index (χ3n) is 6.85. The van der Waals surface area contributed by atoms with Crippen molar-refractivity contribution < 1.29 is 19.4 Å². The Bertz CT molecular complexity index is 1390. The third kappa shape index (κ3) is 4.30. The van der Waals surface area contributed by atoms with Gasteiger partial charge in [0.15, 0.2) is 0 Å². The van der Waals surface area contributed by atoms with Crippen LogP contribution in [0.4, 0.5) is 5.69 Å². The van der Waals surface area contributed by atoms with E-state index in [-0.39, 0.29) is 16.7 Å². The van der Waals surface area contributed by atoms with E-state index in [1.54, 1.807) is 13.2 Å². The monoisotopic (exact) mass is 483 g/mol. The van der Waals surface area contributed by atoms with Crippen LogP contribution in [-0.4, -0.2) is 23.9 Å². The number of benzene rings is 3. The molecular weight excluding hydrogens is 450 g/mol. The van der Waals surface area contributed by atoms with E-state index in [0.717, 1.165) is 22.3 Å². The number of anilines is 1. The zero-order valence-electron chi connectivity index (χ0n) is 22.0. The lowest BCUT2D eigenvalue weighted by atomic mass is 9.84. The van der Waals surface area contributed by atoms with Gasteiger partial charge in [0.25, 0.3) is 11.7 Å². The van der Waals surface area contributed by atoms with Crippen molar-refractivity contribution in [2.45, 2.75) is 53.0 Å². The summed E-state index contributed by atoms with van der Waals surface area (Å²) >= 11 is 0. The number of hydrogen-bond donors (Lipinski definition) is 1. The van der Waals surface area contributed by atoms with Gasteiger partial charge >= 0.3 is 0 Å². The maximum atomic E-state index is 13.6. The van der Waals surface area contributed by atoms with Crippen LogP contribution in [0.1, 0.15) is 60.2 Å². The summed E-state index contributed by atoms with van der Waals surface area (Å²) in [7, 11) is 1.55. The van der Waals surface area contributed by atoms with Crippen LogP contribution in [0.5, 0.6) is 5.75 Å². The minimum atomic E-state index is -0.847. The van der Waals surface area contributed by atoms with Gasteiger partial charge < -0.3 is 9.84 Å². The highest BCUT2D eigenvalue weighted by molar-refractivity contribution is 6.51. The summed E-state index contributed by atoms with van der Waals surface area (Å²) in [5, 5.41) is 11.7. The Kier molecular flexibility index (Phi) is 6.52. The normalized spacial score (nSPS) is 17.5. The fourth-order valence-corrected chi connectivity index (χ4v) is 4.83. The van der Waals surface area contributed by atoms with Crippen LogP contribution in [0.15, 0.2) is 66.2 Å². The van der Waals surface area contributed by atoms with E-state index in [4.69, 9.17) is 4.74 Å². The highest BCUT2D eigenvalue weighted by Gasteiger charge is 2.48. The molecule has 0 saturated carbocycles. The number of rotatable bonds is 4. The molecule has 5 heteroatoms. The summed E-state index contributed by atoms with van der Waals surface area (Å²) in [4.78, 5) is 28.7. The maximum Gasteiger partial charge on any atom is 0.300 e. The molecule has 1 aliphatic rings. The maximum absolute atomic E-state index is 13.6. The number of carbonyl (C=O) groups is 2. The second-order valence-corrected chi connectivity index (χ2v) is 10.5. The molecular formula is C31H33NO4. The molecule has 4 rings (SSSR count). The zero-order chi connectivity index (χ0) is 26.4. The molecule has 0 spiro atoms. The summed E-state index contributed by atoms with van der Waals surface area (Å²) in [5.41, 5.74) is 5.45. The molecule has 186 valence electrons. The highest BCUT2D eigenvalue weighted by Crippen LogP contribution is 2.46. The van der Waals surface area contributed by atoms with Gasteiger partial charge in [-0.05, 0) is 61.1 Å². The molecule has 3 aromatic rings. The van der Waals surface area contributed by atoms with Gasteiger partial charge in [-0.1, -0.05) is 68.8 Å². The zero-order valence-corrected chi connectivity index (χ0v) is 22.0. The van der Waals surface area contributed by atoms with Crippen molar-refractivity contribution in [1.82, 2.24) is 0 Å². The number of nitrogens with zero attached hydrogens (tertiary/aromatic N) is 1. The van der Waals surface area contributed by atoms with Crippen LogP contribution in [-0.2, 0) is 15.0 Å². The lowest BCUT2D eigenvalue weighted by molar-refractivity contribution is -0.132. The first-order valence-corrected chi connectivity index (χ1v) is 12.1. The Morgan fingerprint density at radius 2 is 1.61 bits per heavy atom. The molecule has 1 atom stereocenters. The average molecular weight is 484 g/mol. The van der Waals surface area contributed by atoms with Crippen molar-refractivity contribution in [2.75, 3.05) is 12.0 Å². The average Bonchev–Trinajstić information content (AvgIpc) is 3.08. The molecule has 3 aromatic carbocycles. The van der Waals surface area contributed by atoms with E-state index >= 15 is 0 Å². The standard InChI is InChI=1S/C31H33NO4/c1-18-12-15-24(20(3)16-18)32-27(22-10-8-9-11-25(22)36-7)26(29(34)30(32)35)28(33)23-17-21(31(4,5)6)14-13-19(23)2/h8-17,27,33H,1-7H3/b28-26+. The van der Waals surface area contributed by atoms with Crippen LogP contribution in [0.25, 0.3) is 5.76 Å². The van der Waals surface area contributed by atoms with Crippen molar-refractivity contribution in [1.29, 1.82) is 0 Å². The molecule has 1 N–H and O–H groups in total. The molecule has 1 amide bonds. The van der Waals surface area contributed by atoms with Gasteiger partial charge in [0.2, 0.25) is 0 Å². The molecule has 0 bridgehead atoms. The summed E-state index contributed by atoms with van der Waals surface area (Å²) < 4.78 is 5.63. The fraction of sp³-hybridized carbons (Fsp3) is 0.290. The Morgan fingerprint density at radius 3 is 2.25 bits per heavy atom. The van der Waals surface area contributed by atoms with E-state index in [1.807, 2.05) is 75.4 Å². The largest absolute Gasteiger partial charge is 0.507 e. The first-order chi connectivity index (χ1) is 17.0. The quantitative estimate of drug-likeness (QED) is 0.260. The number of ether oxygens (including phenoxy) is 1. The molecule has 1 aliphatic heterocycles. The lowest BCUT2D eigenvalue weighted by Crippen LogP contribution is -2.30. The number of Topliss-reactive ketones (excluding diaryl/α,β-unsaturated/α-hetero) is 1. The summed E-state index contributed by atoms with van der Waals surface area (Å²) in [6, 6.07) is 18.1. The number of aliphatic hydroxyl groups excluding tert-OH is 1. The number of methoxy groups -OCH3 is 1. The Balaban J connectivity index is 2.04. The second-order valence-electron chi connectivity index (χ2n) is 10.5. The number of carbonyl (C=O) groups excluding carboxylic acids is 2. The number of hydrogen-bond acceptors (Lipinski definition) is 4. The van der Waals surface area contributed by atoms with Gasteiger partial charge in [0, 0.05) is 16.8 Å². The van der Waals surface area contributed by atoms with Gasteiger partial charge in [-0.15, -0.1) is 0 Å². The van der Waals surface area contributed by atoms with Gasteiger partial charge in [-0.2, -0.15) is 0 Å². The van der Waals surface area contributed by atoms with E-state index in [9.17, 15) is 14.7 Å². The number of aryl methyl sites for hydroxylation is 3. The third-order valence-corrected chi connectivity index (χ3v) is 6.85. The number of ketones is 1. The van der Waals surface area contributed by atoms with Gasteiger partial charge in [-0.25, -0.2) is 0 Å². The summed E-state index contributed by atoms with van der Waals surface area (Å²) in [6.07, 6.45) is 0. The molecule has 1 saturated heterocycles. The van der Waals surface area contributed by atoms with E-state index in [2.05, 4.69) is 20.8 Å². The molecule has 0 aliphatic carbocycles. The molecule has 1 heterocycles. The van der Waals surface area contributed by atoms with Crippen LogP contribution in [0.3, 0.4) is 0 Å². The number of amides is 1. The topological polar surface area (TPSA) is 66.8 Å². The van der Waals surface area contributed by atoms with Crippen molar-refractivity contribution >= 4 is 23.1 Å². The van der Waals surface area contributed by atoms with E-state index < -0.39 is 17.7 Å². The predicted molar refractivity (Wildman–Crippen MR) is 144 cm³/mol. The second kappa shape index (κ2) is 9.30. The predicted octanol–water partition coefficient (Wildman–Crippen LogP) is 6.54. The van der Waals surface area contributed by atoms with Crippen LogP contribution in [0.2, 0.25) is 0 Å². The molecule has 5 nitrogen and oxygen atoms in total. The first-order valence-electron chi connectivity index (χ1n) is 12.1. The van der Waals surface area contributed by atoms with Gasteiger partial charge in [-0.3, -0.25) is 14.5 Å². The Morgan fingerprint density at radius 1 is 0.917 bits per heavy atom. The summed E-state index contributed by atoms with van der Waals surface area (Å²) in [6.45, 7) is 12.1. The van der Waals surface area contributed by atoms with Crippen LogP contribution in [0, 0.1) is 20.8 Å². The fourth-order valence-electron chi connectivity index (χ4n) is 4.83. The molecule has 0 radical (unpaired) electrons. The molecule has 36 heavy (non-hydrogen) atoms. The molecule has 1 fully saturated rings. The van der Waals surface area contributed by atoms with Crippen molar-refractivity contribution in [3.8, 4) is 5.75 Å². The Labute approximate surface area is 213 Å². The summed E-state index contributed by atoms with van der Waals surface area (Å²) in [5.74, 6) is -1.04. The van der Waals surface area contributed by atoms with Crippen LogP contribution >= 0.6 is 0 Å². The Hall–Kier alpha value is -3.86. The van der Waals surface area contributed by atoms with Crippen molar-refractivity contribution in [2.24, 2.45) is 0 Å². The molecule has 1 unspecified atom stereocenters. The molecule has 0 aromatic heterocycles. The lowest BCUT2D eigenvalue weighted by Gasteiger charge is -2.28. The minimum absolute atomic E-state index is 0.0543. The number of aliphatic hydroxyl groups is 1. The van der Waals surface area contributed by atoms with Gasteiger partial charge in [0.05, 0.1) is 18.7 Å². The SMILES string of the molecule is COc1ccccc1C1/C(=C(\O)c2cc(C(C)(C)C)ccc2C)C(=O)C(=O)N1c1ccc(C)cc1C. The van der Waals surface area contributed by atoms with Crippen molar-refractivity contribution in [3.63, 3.8) is 0 Å². The van der Waals surface area contributed by atoms with Crippen LogP contribution < -0.4 is 9.64 Å². The van der Waals surface area contributed by atoms with Crippen molar-refractivity contribution in [3.05, 3.63) is 99.6 Å². The van der Waals surface area contributed by atoms with E-state index in [0.29, 0.717) is 22.6 Å². The van der Waals surface area contributed by atoms with Gasteiger partial charge in [0.1, 0.15) is 11.5 Å². The number of para-hydroxylation sites is 1. The first kappa shape index (κ1) is 25.2. The minimum Gasteiger partial charge on any atom is -0.507 e. The smallest absolute Gasteiger partial charge is 0.300 e. The highest BCUT2D eigenvalue weighted by atomic mass is 16.5.